The molecule has 0 radical (unpaired) electrons. The molecule has 0 N–H and O–H groups in total. The summed E-state index contributed by atoms with van der Waals surface area (Å²) >= 11 is 0. The molecule has 1 aliphatic rings. The Labute approximate surface area is 82.8 Å². The highest BCUT2D eigenvalue weighted by atomic mass is 16.7. The highest BCUT2D eigenvalue weighted by molar-refractivity contribution is 5.15. The van der Waals surface area contributed by atoms with Gasteiger partial charge in [-0.25, -0.2) is 0 Å². The van der Waals surface area contributed by atoms with Crippen LogP contribution in [0.1, 0.15) is 6.42 Å². The summed E-state index contributed by atoms with van der Waals surface area (Å²) in [6.45, 7) is 1.98. The molecule has 0 aliphatic carbocycles. The molecule has 0 amide bonds. The molecule has 14 heavy (non-hydrogen) atoms. The van der Waals surface area contributed by atoms with Crippen molar-refractivity contribution in [2.45, 2.75) is 12.7 Å². The van der Waals surface area contributed by atoms with Gasteiger partial charge in [-0.2, -0.15) is 0 Å². The maximum atomic E-state index is 5.45. The number of rotatable bonds is 4. The van der Waals surface area contributed by atoms with E-state index in [2.05, 4.69) is 4.98 Å². The van der Waals surface area contributed by atoms with Crippen molar-refractivity contribution < 1.29 is 14.2 Å². The van der Waals surface area contributed by atoms with Crippen LogP contribution in [-0.2, 0) is 9.47 Å². The van der Waals surface area contributed by atoms with E-state index < -0.39 is 0 Å². The van der Waals surface area contributed by atoms with E-state index in [1.165, 1.54) is 0 Å². The van der Waals surface area contributed by atoms with Crippen LogP contribution < -0.4 is 4.74 Å². The molecule has 76 valence electrons. The number of nitrogens with zero attached hydrogens (tertiary/aromatic N) is 1. The summed E-state index contributed by atoms with van der Waals surface area (Å²) in [6, 6.07) is 3.72. The van der Waals surface area contributed by atoms with Gasteiger partial charge in [0.25, 0.3) is 0 Å². The molecule has 4 heteroatoms. The van der Waals surface area contributed by atoms with Crippen molar-refractivity contribution in [2.75, 3.05) is 19.8 Å². The van der Waals surface area contributed by atoms with E-state index >= 15 is 0 Å². The van der Waals surface area contributed by atoms with E-state index in [9.17, 15) is 0 Å². The van der Waals surface area contributed by atoms with Gasteiger partial charge in [-0.05, 0) is 12.1 Å². The van der Waals surface area contributed by atoms with Crippen LogP contribution >= 0.6 is 0 Å². The van der Waals surface area contributed by atoms with E-state index in [1.54, 1.807) is 12.4 Å². The first kappa shape index (κ1) is 9.43. The quantitative estimate of drug-likeness (QED) is 0.724. The SMILES string of the molecule is c1cncc(OCCC2OCCO2)c1. The summed E-state index contributed by atoms with van der Waals surface area (Å²) in [4.78, 5) is 3.95. The summed E-state index contributed by atoms with van der Waals surface area (Å²) in [5.74, 6) is 0.783. The molecule has 0 spiro atoms. The predicted octanol–water partition coefficient (Wildman–Crippen LogP) is 1.22. The maximum Gasteiger partial charge on any atom is 0.161 e. The minimum atomic E-state index is -0.0910. The molecule has 2 rings (SSSR count). The first-order chi connectivity index (χ1) is 6.95. The molecule has 0 atom stereocenters. The molecule has 2 heterocycles. The lowest BCUT2D eigenvalue weighted by molar-refractivity contribution is -0.0531. The highest BCUT2D eigenvalue weighted by Gasteiger charge is 2.15. The zero-order valence-corrected chi connectivity index (χ0v) is 7.89. The zero-order valence-electron chi connectivity index (χ0n) is 7.89. The summed E-state index contributed by atoms with van der Waals surface area (Å²) in [6.07, 6.45) is 4.08. The lowest BCUT2D eigenvalue weighted by Crippen LogP contribution is -2.12. The molecule has 1 aromatic rings. The van der Waals surface area contributed by atoms with Crippen LogP contribution in [0, 0.1) is 0 Å². The van der Waals surface area contributed by atoms with Gasteiger partial charge in [-0.15, -0.1) is 0 Å². The molecule has 1 fully saturated rings. The fraction of sp³-hybridized carbons (Fsp3) is 0.500. The topological polar surface area (TPSA) is 40.6 Å². The van der Waals surface area contributed by atoms with Gasteiger partial charge in [0.1, 0.15) is 5.75 Å². The highest BCUT2D eigenvalue weighted by Crippen LogP contribution is 2.10. The first-order valence-corrected chi connectivity index (χ1v) is 4.71. The van der Waals surface area contributed by atoms with Crippen molar-refractivity contribution in [3.8, 4) is 5.75 Å². The number of pyridine rings is 1. The lowest BCUT2D eigenvalue weighted by Gasteiger charge is -2.09. The molecule has 1 aliphatic heterocycles. The molecule has 0 saturated carbocycles. The second kappa shape index (κ2) is 4.93. The van der Waals surface area contributed by atoms with Gasteiger partial charge in [0, 0.05) is 12.6 Å². The van der Waals surface area contributed by atoms with E-state index in [-0.39, 0.29) is 6.29 Å². The van der Waals surface area contributed by atoms with Crippen molar-refractivity contribution in [1.29, 1.82) is 0 Å². The third-order valence-electron chi connectivity index (χ3n) is 1.95. The summed E-state index contributed by atoms with van der Waals surface area (Å²) in [7, 11) is 0. The molecule has 0 bridgehead atoms. The number of hydrogen-bond acceptors (Lipinski definition) is 4. The van der Waals surface area contributed by atoms with E-state index in [0.29, 0.717) is 19.8 Å². The molecule has 1 saturated heterocycles. The van der Waals surface area contributed by atoms with Crippen LogP contribution in [0.25, 0.3) is 0 Å². The summed E-state index contributed by atoms with van der Waals surface area (Å²) < 4.78 is 16.0. The Bertz CT molecular complexity index is 259. The smallest absolute Gasteiger partial charge is 0.161 e. The summed E-state index contributed by atoms with van der Waals surface area (Å²) in [5.41, 5.74) is 0. The van der Waals surface area contributed by atoms with Crippen molar-refractivity contribution in [2.24, 2.45) is 0 Å². The van der Waals surface area contributed by atoms with Gasteiger partial charge in [0.15, 0.2) is 6.29 Å². The van der Waals surface area contributed by atoms with Gasteiger partial charge in [0.05, 0.1) is 26.0 Å². The Morgan fingerprint density at radius 1 is 1.43 bits per heavy atom. The van der Waals surface area contributed by atoms with Gasteiger partial charge in [0.2, 0.25) is 0 Å². The van der Waals surface area contributed by atoms with Gasteiger partial charge in [-0.3, -0.25) is 4.98 Å². The fourth-order valence-electron chi connectivity index (χ4n) is 1.28. The maximum absolute atomic E-state index is 5.45. The largest absolute Gasteiger partial charge is 0.492 e. The molecular weight excluding hydrogens is 182 g/mol. The van der Waals surface area contributed by atoms with Gasteiger partial charge in [-0.1, -0.05) is 0 Å². The number of ether oxygens (including phenoxy) is 3. The van der Waals surface area contributed by atoms with Crippen LogP contribution in [0.4, 0.5) is 0 Å². The Balaban J connectivity index is 1.67. The monoisotopic (exact) mass is 195 g/mol. The molecule has 1 aromatic heterocycles. The van der Waals surface area contributed by atoms with E-state index in [4.69, 9.17) is 14.2 Å². The third kappa shape index (κ3) is 2.68. The van der Waals surface area contributed by atoms with Crippen LogP contribution in [0.15, 0.2) is 24.5 Å². The Kier molecular flexibility index (Phi) is 3.32. The standard InChI is InChI=1S/C10H13NO3/c1-2-9(8-11-4-1)12-5-3-10-13-6-7-14-10/h1-2,4,8,10H,3,5-7H2. The zero-order chi connectivity index (χ0) is 9.64. The Morgan fingerprint density at radius 2 is 2.29 bits per heavy atom. The predicted molar refractivity (Wildman–Crippen MR) is 50.0 cm³/mol. The summed E-state index contributed by atoms with van der Waals surface area (Å²) in [5, 5.41) is 0. The molecule has 0 unspecified atom stereocenters. The van der Waals surface area contributed by atoms with E-state index in [1.807, 2.05) is 12.1 Å². The van der Waals surface area contributed by atoms with Crippen LogP contribution in [-0.4, -0.2) is 31.1 Å². The van der Waals surface area contributed by atoms with E-state index in [0.717, 1.165) is 12.2 Å². The van der Waals surface area contributed by atoms with Crippen molar-refractivity contribution in [3.63, 3.8) is 0 Å². The average molecular weight is 195 g/mol. The minimum Gasteiger partial charge on any atom is -0.492 e. The normalized spacial score (nSPS) is 17.1. The van der Waals surface area contributed by atoms with Crippen LogP contribution in [0.3, 0.4) is 0 Å². The van der Waals surface area contributed by atoms with Crippen LogP contribution in [0.2, 0.25) is 0 Å². The minimum absolute atomic E-state index is 0.0910. The third-order valence-corrected chi connectivity index (χ3v) is 1.95. The average Bonchev–Trinajstić information content (AvgIpc) is 2.72. The van der Waals surface area contributed by atoms with Crippen molar-refractivity contribution >= 4 is 0 Å². The number of aromatic nitrogens is 1. The molecular formula is C10H13NO3. The van der Waals surface area contributed by atoms with Gasteiger partial charge < -0.3 is 14.2 Å². The number of hydrogen-bond donors (Lipinski definition) is 0. The fourth-order valence-corrected chi connectivity index (χ4v) is 1.28. The Morgan fingerprint density at radius 3 is 3.00 bits per heavy atom. The van der Waals surface area contributed by atoms with Crippen molar-refractivity contribution in [1.82, 2.24) is 4.98 Å². The Hall–Kier alpha value is -1.13. The first-order valence-electron chi connectivity index (χ1n) is 4.71. The molecule has 0 aromatic carbocycles. The van der Waals surface area contributed by atoms with Crippen molar-refractivity contribution in [3.05, 3.63) is 24.5 Å². The second-order valence-electron chi connectivity index (χ2n) is 3.00. The second-order valence-corrected chi connectivity index (χ2v) is 3.00. The lowest BCUT2D eigenvalue weighted by atomic mass is 10.4. The van der Waals surface area contributed by atoms with Gasteiger partial charge >= 0.3 is 0 Å². The van der Waals surface area contributed by atoms with Crippen LogP contribution in [0.5, 0.6) is 5.75 Å². The molecule has 4 nitrogen and oxygen atoms in total.